The lowest BCUT2D eigenvalue weighted by Crippen LogP contribution is -2.24. The molecule has 0 amide bonds. The van der Waals surface area contributed by atoms with Crippen LogP contribution in [0.1, 0.15) is 28.0 Å². The second kappa shape index (κ2) is 8.08. The molecule has 0 radical (unpaired) electrons. The number of hydrogen-bond acceptors (Lipinski definition) is 5. The van der Waals surface area contributed by atoms with E-state index in [1.54, 1.807) is 6.07 Å². The van der Waals surface area contributed by atoms with E-state index in [4.69, 9.17) is 9.47 Å². The van der Waals surface area contributed by atoms with Gasteiger partial charge in [0.05, 0.1) is 19.3 Å². The first-order valence-corrected chi connectivity index (χ1v) is 8.89. The maximum absolute atomic E-state index is 13.1. The number of methoxy groups -OCH3 is 1. The molecular weight excluding hydrogens is 373 g/mol. The van der Waals surface area contributed by atoms with Crippen molar-refractivity contribution in [3.05, 3.63) is 53.2 Å². The van der Waals surface area contributed by atoms with Gasteiger partial charge in [-0.2, -0.15) is 13.2 Å². The maximum atomic E-state index is 13.1. The number of nitrogens with zero attached hydrogens (tertiary/aromatic N) is 2. The predicted molar refractivity (Wildman–Crippen MR) is 97.6 cm³/mol. The van der Waals surface area contributed by atoms with Gasteiger partial charge in [0.25, 0.3) is 0 Å². The molecule has 1 fully saturated rings. The number of para-hydroxylation sites is 1. The molecule has 2 aromatic rings. The van der Waals surface area contributed by atoms with Gasteiger partial charge in [-0.3, -0.25) is 0 Å². The van der Waals surface area contributed by atoms with Crippen molar-refractivity contribution in [3.63, 3.8) is 0 Å². The van der Waals surface area contributed by atoms with Crippen molar-refractivity contribution in [2.24, 2.45) is 5.92 Å². The summed E-state index contributed by atoms with van der Waals surface area (Å²) in [5.74, 6) is 0.0478. The highest BCUT2D eigenvalue weighted by atomic mass is 19.4. The third kappa shape index (κ3) is 4.55. The fourth-order valence-corrected chi connectivity index (χ4v) is 3.23. The molecule has 0 saturated carbocycles. The average Bonchev–Trinajstić information content (AvgIpc) is 3.14. The highest BCUT2D eigenvalue weighted by molar-refractivity contribution is 5.87. The Morgan fingerprint density at radius 3 is 2.75 bits per heavy atom. The van der Waals surface area contributed by atoms with Crippen molar-refractivity contribution < 1.29 is 27.4 Å². The van der Waals surface area contributed by atoms with Crippen LogP contribution in [0.3, 0.4) is 0 Å². The Hall–Kier alpha value is -2.77. The summed E-state index contributed by atoms with van der Waals surface area (Å²) in [6, 6.07) is 8.74. The molecule has 2 heterocycles. The van der Waals surface area contributed by atoms with Gasteiger partial charge >= 0.3 is 12.1 Å². The van der Waals surface area contributed by atoms with Crippen molar-refractivity contribution in [2.75, 3.05) is 31.7 Å². The molecule has 0 spiro atoms. The summed E-state index contributed by atoms with van der Waals surface area (Å²) in [5.41, 5.74) is 0.341. The zero-order valence-corrected chi connectivity index (χ0v) is 15.6. The number of benzene rings is 1. The summed E-state index contributed by atoms with van der Waals surface area (Å²) in [5, 5.41) is 0. The Morgan fingerprint density at radius 1 is 1.29 bits per heavy atom. The molecule has 0 aliphatic carbocycles. The number of aryl methyl sites for hydroxylation is 1. The van der Waals surface area contributed by atoms with Crippen LogP contribution in [-0.2, 0) is 10.9 Å². The largest absolute Gasteiger partial charge is 0.493 e. The second-order valence-electron chi connectivity index (χ2n) is 6.79. The molecule has 150 valence electrons. The van der Waals surface area contributed by atoms with Crippen molar-refractivity contribution in [3.8, 4) is 5.75 Å². The highest BCUT2D eigenvalue weighted by Crippen LogP contribution is 2.36. The molecule has 1 aromatic heterocycles. The molecule has 1 aromatic carbocycles. The van der Waals surface area contributed by atoms with Crippen LogP contribution in [0.25, 0.3) is 0 Å². The lowest BCUT2D eigenvalue weighted by molar-refractivity contribution is -0.139. The van der Waals surface area contributed by atoms with Crippen LogP contribution in [0.5, 0.6) is 5.75 Å². The van der Waals surface area contributed by atoms with Crippen molar-refractivity contribution in [1.82, 2.24) is 4.98 Å². The normalized spacial score (nSPS) is 16.9. The lowest BCUT2D eigenvalue weighted by atomic mass is 10.1. The summed E-state index contributed by atoms with van der Waals surface area (Å²) in [6.45, 7) is 3.32. The highest BCUT2D eigenvalue weighted by Gasteiger charge is 2.34. The van der Waals surface area contributed by atoms with E-state index in [0.29, 0.717) is 18.9 Å². The minimum absolute atomic E-state index is 0.0604. The number of carbonyl (C=O) groups is 1. The summed E-state index contributed by atoms with van der Waals surface area (Å²) in [6.07, 6.45) is -3.69. The zero-order chi connectivity index (χ0) is 20.3. The molecule has 1 aliphatic rings. The summed E-state index contributed by atoms with van der Waals surface area (Å²) >= 11 is 0. The number of esters is 1. The minimum Gasteiger partial charge on any atom is -0.493 e. The Labute approximate surface area is 161 Å². The number of anilines is 1. The SMILES string of the molecule is COC(=O)c1cc(C)cc(N2CC[C@@H](COc3ccccc3C(F)(F)F)C2)n1. The fourth-order valence-electron chi connectivity index (χ4n) is 3.23. The van der Waals surface area contributed by atoms with E-state index in [2.05, 4.69) is 4.98 Å². The number of carbonyl (C=O) groups excluding carboxylic acids is 1. The first kappa shape index (κ1) is 20.0. The molecule has 0 N–H and O–H groups in total. The standard InChI is InChI=1S/C20H21F3N2O3/c1-13-9-16(19(26)27-2)24-18(10-13)25-8-7-14(11-25)12-28-17-6-4-3-5-15(17)20(21,22)23/h3-6,9-10,14H,7-8,11-12H2,1-2H3/t14-/m1/s1. The van der Waals surface area contributed by atoms with Gasteiger partial charge in [0.1, 0.15) is 11.6 Å². The van der Waals surface area contributed by atoms with Gasteiger partial charge in [-0.25, -0.2) is 9.78 Å². The number of pyridine rings is 1. The van der Waals surface area contributed by atoms with Crippen LogP contribution in [-0.4, -0.2) is 37.8 Å². The van der Waals surface area contributed by atoms with E-state index < -0.39 is 17.7 Å². The summed E-state index contributed by atoms with van der Waals surface area (Å²) in [4.78, 5) is 18.1. The van der Waals surface area contributed by atoms with Gasteiger partial charge in [0.2, 0.25) is 0 Å². The summed E-state index contributed by atoms with van der Waals surface area (Å²) in [7, 11) is 1.30. The van der Waals surface area contributed by atoms with E-state index in [1.165, 1.54) is 25.3 Å². The molecule has 1 aliphatic heterocycles. The quantitative estimate of drug-likeness (QED) is 0.715. The monoisotopic (exact) mass is 394 g/mol. The zero-order valence-electron chi connectivity index (χ0n) is 15.6. The Bertz CT molecular complexity index is 855. The van der Waals surface area contributed by atoms with Crippen LogP contribution in [0.15, 0.2) is 36.4 Å². The van der Waals surface area contributed by atoms with Gasteiger partial charge < -0.3 is 14.4 Å². The van der Waals surface area contributed by atoms with Gasteiger partial charge in [0.15, 0.2) is 5.69 Å². The van der Waals surface area contributed by atoms with E-state index in [0.717, 1.165) is 18.1 Å². The Kier molecular flexibility index (Phi) is 5.76. The lowest BCUT2D eigenvalue weighted by Gasteiger charge is -2.19. The van der Waals surface area contributed by atoms with E-state index >= 15 is 0 Å². The molecule has 0 bridgehead atoms. The number of rotatable bonds is 5. The molecule has 5 nitrogen and oxygen atoms in total. The topological polar surface area (TPSA) is 51.7 Å². The number of aromatic nitrogens is 1. The molecule has 28 heavy (non-hydrogen) atoms. The molecule has 1 atom stereocenters. The minimum atomic E-state index is -4.45. The van der Waals surface area contributed by atoms with Crippen LogP contribution in [0.4, 0.5) is 19.0 Å². The number of alkyl halides is 3. The van der Waals surface area contributed by atoms with Gasteiger partial charge in [0, 0.05) is 19.0 Å². The number of ether oxygens (including phenoxy) is 2. The third-order valence-corrected chi connectivity index (χ3v) is 4.63. The molecule has 1 saturated heterocycles. The first-order valence-electron chi connectivity index (χ1n) is 8.89. The third-order valence-electron chi connectivity index (χ3n) is 4.63. The molecule has 8 heteroatoms. The van der Waals surface area contributed by atoms with Gasteiger partial charge in [-0.1, -0.05) is 12.1 Å². The average molecular weight is 394 g/mol. The Morgan fingerprint density at radius 2 is 2.04 bits per heavy atom. The fraction of sp³-hybridized carbons (Fsp3) is 0.400. The van der Waals surface area contributed by atoms with Gasteiger partial charge in [-0.15, -0.1) is 0 Å². The van der Waals surface area contributed by atoms with E-state index in [9.17, 15) is 18.0 Å². The van der Waals surface area contributed by atoms with Crippen molar-refractivity contribution in [1.29, 1.82) is 0 Å². The second-order valence-corrected chi connectivity index (χ2v) is 6.79. The smallest absolute Gasteiger partial charge is 0.419 e. The predicted octanol–water partition coefficient (Wildman–Crippen LogP) is 4.10. The van der Waals surface area contributed by atoms with Crippen LogP contribution in [0.2, 0.25) is 0 Å². The molecular formula is C20H21F3N2O3. The van der Waals surface area contributed by atoms with Crippen molar-refractivity contribution in [2.45, 2.75) is 19.5 Å². The van der Waals surface area contributed by atoms with Crippen LogP contribution < -0.4 is 9.64 Å². The van der Waals surface area contributed by atoms with Crippen molar-refractivity contribution >= 4 is 11.8 Å². The number of hydrogen-bond donors (Lipinski definition) is 0. The van der Waals surface area contributed by atoms with E-state index in [-0.39, 0.29) is 24.0 Å². The Balaban J connectivity index is 1.66. The van der Waals surface area contributed by atoms with Gasteiger partial charge in [-0.05, 0) is 43.2 Å². The first-order chi connectivity index (χ1) is 13.3. The van der Waals surface area contributed by atoms with Crippen LogP contribution >= 0.6 is 0 Å². The van der Waals surface area contributed by atoms with Crippen LogP contribution in [0, 0.1) is 12.8 Å². The number of halogens is 3. The molecule has 0 unspecified atom stereocenters. The van der Waals surface area contributed by atoms with E-state index in [1.807, 2.05) is 17.9 Å². The summed E-state index contributed by atoms with van der Waals surface area (Å²) < 4.78 is 49.4. The maximum Gasteiger partial charge on any atom is 0.419 e. The molecule has 3 rings (SSSR count).